The van der Waals surface area contributed by atoms with Gasteiger partial charge in [-0.15, -0.1) is 0 Å². The number of carbonyl (C=O) groups is 1. The molecule has 2 rings (SSSR count). The average Bonchev–Trinajstić information content (AvgIpc) is 2.38. The third kappa shape index (κ3) is 3.60. The first kappa shape index (κ1) is 14.6. The van der Waals surface area contributed by atoms with Crippen LogP contribution in [0.4, 0.5) is 5.69 Å². The second kappa shape index (κ2) is 6.08. The van der Waals surface area contributed by atoms with Gasteiger partial charge >= 0.3 is 0 Å². The Labute approximate surface area is 121 Å². The van der Waals surface area contributed by atoms with Crippen LogP contribution >= 0.6 is 0 Å². The minimum atomic E-state index is -0.0645. The van der Waals surface area contributed by atoms with E-state index in [0.29, 0.717) is 5.92 Å². The van der Waals surface area contributed by atoms with Crippen molar-refractivity contribution in [1.29, 1.82) is 0 Å². The van der Waals surface area contributed by atoms with Gasteiger partial charge in [-0.2, -0.15) is 0 Å². The molecule has 0 heterocycles. The van der Waals surface area contributed by atoms with Gasteiger partial charge in [0.15, 0.2) is 0 Å². The van der Waals surface area contributed by atoms with E-state index >= 15 is 0 Å². The summed E-state index contributed by atoms with van der Waals surface area (Å²) in [5.74, 6) is 0.281. The molecule has 2 heteroatoms. The fourth-order valence-corrected chi connectivity index (χ4v) is 2.87. The lowest BCUT2D eigenvalue weighted by atomic mass is 9.68. The van der Waals surface area contributed by atoms with E-state index in [1.807, 2.05) is 36.4 Å². The summed E-state index contributed by atoms with van der Waals surface area (Å²) in [4.78, 5) is 12.0. The van der Waals surface area contributed by atoms with E-state index in [1.54, 1.807) is 6.08 Å². The molecule has 0 fully saturated rings. The molecule has 0 aromatic heterocycles. The zero-order chi connectivity index (χ0) is 14.6. The van der Waals surface area contributed by atoms with Crippen molar-refractivity contribution in [3.63, 3.8) is 0 Å². The molecule has 1 aliphatic carbocycles. The van der Waals surface area contributed by atoms with E-state index in [1.165, 1.54) is 12.0 Å². The second-order valence-corrected chi connectivity index (χ2v) is 6.17. The monoisotopic (exact) mass is 269 g/mol. The van der Waals surface area contributed by atoms with Crippen LogP contribution in [0.1, 0.15) is 33.6 Å². The Balaban J connectivity index is 2.03. The first-order valence-electron chi connectivity index (χ1n) is 7.20. The van der Waals surface area contributed by atoms with Crippen LogP contribution in [0.5, 0.6) is 0 Å². The van der Waals surface area contributed by atoms with E-state index in [2.05, 4.69) is 32.2 Å². The average molecular weight is 269 g/mol. The SMILES string of the molecule is CC1=CCCC(C)(C)C1C=CC(=O)Nc1ccccc1. The van der Waals surface area contributed by atoms with Crippen molar-refractivity contribution in [3.8, 4) is 0 Å². The minimum absolute atomic E-state index is 0.0645. The summed E-state index contributed by atoms with van der Waals surface area (Å²) in [6.07, 6.45) is 8.31. The van der Waals surface area contributed by atoms with Gasteiger partial charge in [0.25, 0.3) is 0 Å². The quantitative estimate of drug-likeness (QED) is 0.632. The van der Waals surface area contributed by atoms with Crippen molar-refractivity contribution >= 4 is 11.6 Å². The summed E-state index contributed by atoms with van der Waals surface area (Å²) in [5, 5.41) is 2.88. The molecule has 106 valence electrons. The molecular weight excluding hydrogens is 246 g/mol. The van der Waals surface area contributed by atoms with Crippen LogP contribution in [-0.2, 0) is 4.79 Å². The number of rotatable bonds is 3. The van der Waals surface area contributed by atoms with Gasteiger partial charge in [-0.1, -0.05) is 49.8 Å². The Morgan fingerprint density at radius 2 is 2.00 bits per heavy atom. The second-order valence-electron chi connectivity index (χ2n) is 6.17. The maximum Gasteiger partial charge on any atom is 0.248 e. The van der Waals surface area contributed by atoms with Gasteiger partial charge in [0, 0.05) is 11.6 Å². The number of amides is 1. The molecule has 1 unspecified atom stereocenters. The summed E-state index contributed by atoms with van der Waals surface area (Å²) in [7, 11) is 0. The van der Waals surface area contributed by atoms with E-state index in [9.17, 15) is 4.79 Å². The lowest BCUT2D eigenvalue weighted by molar-refractivity contribution is -0.111. The third-order valence-corrected chi connectivity index (χ3v) is 4.07. The normalized spacial score (nSPS) is 21.6. The first-order valence-corrected chi connectivity index (χ1v) is 7.20. The maximum absolute atomic E-state index is 12.0. The number of hydrogen-bond acceptors (Lipinski definition) is 1. The molecular formula is C18H23NO. The van der Waals surface area contributed by atoms with Crippen molar-refractivity contribution in [2.45, 2.75) is 33.6 Å². The van der Waals surface area contributed by atoms with E-state index in [0.717, 1.165) is 12.1 Å². The Bertz CT molecular complexity index is 526. The molecule has 20 heavy (non-hydrogen) atoms. The number of nitrogens with one attached hydrogen (secondary N) is 1. The number of para-hydroxylation sites is 1. The number of allylic oxidation sites excluding steroid dienone is 3. The maximum atomic E-state index is 12.0. The number of anilines is 1. The van der Waals surface area contributed by atoms with E-state index in [-0.39, 0.29) is 11.3 Å². The highest BCUT2D eigenvalue weighted by molar-refractivity contribution is 5.99. The first-order chi connectivity index (χ1) is 9.49. The minimum Gasteiger partial charge on any atom is -0.323 e. The van der Waals surface area contributed by atoms with Crippen LogP contribution in [0.15, 0.2) is 54.1 Å². The number of carbonyl (C=O) groups excluding carboxylic acids is 1. The van der Waals surface area contributed by atoms with Crippen LogP contribution < -0.4 is 5.32 Å². The molecule has 0 aliphatic heterocycles. The zero-order valence-electron chi connectivity index (χ0n) is 12.5. The van der Waals surface area contributed by atoms with Gasteiger partial charge in [-0.25, -0.2) is 0 Å². The van der Waals surface area contributed by atoms with Crippen LogP contribution in [0.2, 0.25) is 0 Å². The number of hydrogen-bond donors (Lipinski definition) is 1. The smallest absolute Gasteiger partial charge is 0.248 e. The highest BCUT2D eigenvalue weighted by Gasteiger charge is 2.30. The Morgan fingerprint density at radius 3 is 2.65 bits per heavy atom. The van der Waals surface area contributed by atoms with Gasteiger partial charge in [0.05, 0.1) is 0 Å². The highest BCUT2D eigenvalue weighted by Crippen LogP contribution is 2.41. The molecule has 1 atom stereocenters. The molecule has 1 N–H and O–H groups in total. The predicted molar refractivity (Wildman–Crippen MR) is 84.5 cm³/mol. The summed E-state index contributed by atoms with van der Waals surface area (Å²) in [5.41, 5.74) is 2.42. The highest BCUT2D eigenvalue weighted by atomic mass is 16.1. The summed E-state index contributed by atoms with van der Waals surface area (Å²) in [6.45, 7) is 6.70. The van der Waals surface area contributed by atoms with Crippen LogP contribution in [0, 0.1) is 11.3 Å². The largest absolute Gasteiger partial charge is 0.323 e. The van der Waals surface area contributed by atoms with Crippen molar-refractivity contribution in [3.05, 3.63) is 54.1 Å². The fourth-order valence-electron chi connectivity index (χ4n) is 2.87. The van der Waals surface area contributed by atoms with Crippen molar-refractivity contribution in [1.82, 2.24) is 0 Å². The zero-order valence-corrected chi connectivity index (χ0v) is 12.5. The molecule has 1 aliphatic rings. The van der Waals surface area contributed by atoms with Crippen LogP contribution in [-0.4, -0.2) is 5.91 Å². The van der Waals surface area contributed by atoms with Crippen molar-refractivity contribution in [2.24, 2.45) is 11.3 Å². The molecule has 0 saturated carbocycles. The summed E-state index contributed by atoms with van der Waals surface area (Å²) in [6, 6.07) is 9.54. The molecule has 0 spiro atoms. The summed E-state index contributed by atoms with van der Waals surface area (Å²) >= 11 is 0. The van der Waals surface area contributed by atoms with Gasteiger partial charge < -0.3 is 5.32 Å². The lowest BCUT2D eigenvalue weighted by Crippen LogP contribution is -2.26. The van der Waals surface area contributed by atoms with Gasteiger partial charge in [-0.05, 0) is 43.4 Å². The molecule has 2 nitrogen and oxygen atoms in total. The predicted octanol–water partition coefficient (Wildman–Crippen LogP) is 4.56. The van der Waals surface area contributed by atoms with Gasteiger partial charge in [0.1, 0.15) is 0 Å². The number of benzene rings is 1. The summed E-state index contributed by atoms with van der Waals surface area (Å²) < 4.78 is 0. The lowest BCUT2D eigenvalue weighted by Gasteiger charge is -2.36. The van der Waals surface area contributed by atoms with Gasteiger partial charge in [0.2, 0.25) is 5.91 Å². The van der Waals surface area contributed by atoms with Gasteiger partial charge in [-0.3, -0.25) is 4.79 Å². The standard InChI is InChI=1S/C18H23NO/c1-14-8-7-13-18(2,3)16(14)11-12-17(20)19-15-9-5-4-6-10-15/h4-6,8-12,16H,7,13H2,1-3H3,(H,19,20). The van der Waals surface area contributed by atoms with Crippen LogP contribution in [0.3, 0.4) is 0 Å². The Morgan fingerprint density at radius 1 is 1.30 bits per heavy atom. The molecule has 1 amide bonds. The van der Waals surface area contributed by atoms with E-state index < -0.39 is 0 Å². The third-order valence-electron chi connectivity index (χ3n) is 4.07. The molecule has 0 bridgehead atoms. The Hall–Kier alpha value is -1.83. The van der Waals surface area contributed by atoms with Crippen molar-refractivity contribution < 1.29 is 4.79 Å². The Kier molecular flexibility index (Phi) is 4.43. The molecule has 0 saturated heterocycles. The van der Waals surface area contributed by atoms with E-state index in [4.69, 9.17) is 0 Å². The van der Waals surface area contributed by atoms with Crippen LogP contribution in [0.25, 0.3) is 0 Å². The fraction of sp³-hybridized carbons (Fsp3) is 0.389. The molecule has 1 aromatic rings. The van der Waals surface area contributed by atoms with Crippen molar-refractivity contribution in [2.75, 3.05) is 5.32 Å². The molecule has 1 aromatic carbocycles. The molecule has 0 radical (unpaired) electrons. The topological polar surface area (TPSA) is 29.1 Å².